The van der Waals surface area contributed by atoms with Crippen LogP contribution in [0.1, 0.15) is 136 Å². The molecule has 4 heteroatoms. The number of rotatable bonds is 24. The fourth-order valence-corrected chi connectivity index (χ4v) is 3.89. The van der Waals surface area contributed by atoms with E-state index in [1.54, 1.807) is 0 Å². The molecule has 0 unspecified atom stereocenters. The summed E-state index contributed by atoms with van der Waals surface area (Å²) in [6.45, 7) is 6.33. The first-order valence-corrected chi connectivity index (χ1v) is 13.3. The Morgan fingerprint density at radius 3 is 1.77 bits per heavy atom. The average Bonchev–Trinajstić information content (AvgIpc) is 2.74. The summed E-state index contributed by atoms with van der Waals surface area (Å²) >= 11 is 0. The molecule has 0 saturated heterocycles. The number of ether oxygens (including phenoxy) is 1. The van der Waals surface area contributed by atoms with Gasteiger partial charge < -0.3 is 15.2 Å². The minimum Gasteiger partial charge on any atom is -0.462 e. The quantitative estimate of drug-likeness (QED) is 0.129. The van der Waals surface area contributed by atoms with Crippen LogP contribution in [0.15, 0.2) is 0 Å². The fraction of sp³-hybridized carbons (Fsp3) is 0.962. The van der Waals surface area contributed by atoms with Gasteiger partial charge in [-0.2, -0.15) is 0 Å². The molecule has 0 spiro atoms. The zero-order chi connectivity index (χ0) is 22.1. The highest BCUT2D eigenvalue weighted by Gasteiger charge is 2.14. The summed E-state index contributed by atoms with van der Waals surface area (Å²) in [6, 6.07) is 0. The van der Waals surface area contributed by atoms with E-state index in [0.717, 1.165) is 45.1 Å². The van der Waals surface area contributed by atoms with Crippen LogP contribution in [0.5, 0.6) is 0 Å². The number of hydrogen-bond donors (Lipinski definition) is 2. The number of hydrogen-bond acceptors (Lipinski definition) is 4. The number of aliphatic hydroxyl groups is 1. The highest BCUT2D eigenvalue weighted by Crippen LogP contribution is 2.18. The zero-order valence-corrected chi connectivity index (χ0v) is 20.4. The Morgan fingerprint density at radius 1 is 0.700 bits per heavy atom. The van der Waals surface area contributed by atoms with Crippen LogP contribution in [-0.4, -0.2) is 36.9 Å². The van der Waals surface area contributed by atoms with Gasteiger partial charge in [-0.15, -0.1) is 0 Å². The molecule has 0 heterocycles. The fourth-order valence-electron chi connectivity index (χ4n) is 3.89. The van der Waals surface area contributed by atoms with Gasteiger partial charge in [0.2, 0.25) is 0 Å². The largest absolute Gasteiger partial charge is 0.462 e. The summed E-state index contributed by atoms with van der Waals surface area (Å²) in [7, 11) is 0. The maximum absolute atomic E-state index is 12.3. The van der Waals surface area contributed by atoms with Crippen LogP contribution < -0.4 is 5.32 Å². The Morgan fingerprint density at radius 2 is 1.20 bits per heavy atom. The summed E-state index contributed by atoms with van der Waals surface area (Å²) in [5, 5.41) is 11.9. The molecule has 0 fully saturated rings. The third kappa shape index (κ3) is 22.1. The van der Waals surface area contributed by atoms with Crippen molar-refractivity contribution in [1.29, 1.82) is 0 Å². The van der Waals surface area contributed by atoms with Crippen molar-refractivity contribution in [1.82, 2.24) is 5.32 Å². The average molecular weight is 428 g/mol. The molecule has 0 aliphatic carbocycles. The molecule has 0 amide bonds. The topological polar surface area (TPSA) is 58.6 Å². The molecule has 0 aliphatic rings. The van der Waals surface area contributed by atoms with Crippen molar-refractivity contribution in [3.63, 3.8) is 0 Å². The van der Waals surface area contributed by atoms with Crippen molar-refractivity contribution < 1.29 is 14.6 Å². The number of carbonyl (C=O) groups is 1. The second kappa shape index (κ2) is 24.7. The highest BCUT2D eigenvalue weighted by atomic mass is 16.5. The van der Waals surface area contributed by atoms with E-state index in [0.29, 0.717) is 13.0 Å². The molecule has 0 aromatic rings. The maximum Gasteiger partial charge on any atom is 0.306 e. The van der Waals surface area contributed by atoms with E-state index in [1.807, 2.05) is 0 Å². The maximum atomic E-state index is 12.3. The lowest BCUT2D eigenvalue weighted by atomic mass is 10.0. The molecular weight excluding hydrogens is 374 g/mol. The minimum absolute atomic E-state index is 0.00960. The number of aliphatic hydroxyl groups excluding tert-OH is 1. The van der Waals surface area contributed by atoms with Gasteiger partial charge in [0.1, 0.15) is 6.10 Å². The third-order valence-electron chi connectivity index (χ3n) is 5.83. The number of carbonyl (C=O) groups excluding carboxylic acids is 1. The molecule has 2 N–H and O–H groups in total. The first-order valence-electron chi connectivity index (χ1n) is 13.3. The molecule has 4 nitrogen and oxygen atoms in total. The molecular formula is C26H53NO3. The van der Waals surface area contributed by atoms with Crippen LogP contribution in [0, 0.1) is 0 Å². The van der Waals surface area contributed by atoms with Crippen LogP contribution in [0.25, 0.3) is 0 Å². The van der Waals surface area contributed by atoms with Crippen molar-refractivity contribution in [3.05, 3.63) is 0 Å². The lowest BCUT2D eigenvalue weighted by Crippen LogP contribution is -2.19. The molecule has 0 aromatic carbocycles. The van der Waals surface area contributed by atoms with E-state index in [9.17, 15) is 4.79 Å². The van der Waals surface area contributed by atoms with Gasteiger partial charge in [-0.3, -0.25) is 4.79 Å². The summed E-state index contributed by atoms with van der Waals surface area (Å²) in [4.78, 5) is 12.3. The Balaban J connectivity index is 3.96. The summed E-state index contributed by atoms with van der Waals surface area (Å²) in [6.07, 6.45) is 22.5. The van der Waals surface area contributed by atoms with E-state index in [-0.39, 0.29) is 18.7 Å². The second-order valence-corrected chi connectivity index (χ2v) is 8.86. The SMILES string of the molecule is CCCCCCCCC(CCCCCCCC)OC(=O)CCCCCCNCCO. The molecule has 0 saturated carbocycles. The lowest BCUT2D eigenvalue weighted by Gasteiger charge is -2.18. The van der Waals surface area contributed by atoms with Crippen molar-refractivity contribution in [2.24, 2.45) is 0 Å². The normalized spacial score (nSPS) is 11.3. The van der Waals surface area contributed by atoms with Gasteiger partial charge in [0.05, 0.1) is 6.61 Å². The van der Waals surface area contributed by atoms with Crippen LogP contribution in [0.4, 0.5) is 0 Å². The van der Waals surface area contributed by atoms with Crippen LogP contribution in [0.3, 0.4) is 0 Å². The molecule has 0 bridgehead atoms. The van der Waals surface area contributed by atoms with Gasteiger partial charge in [0, 0.05) is 13.0 Å². The Labute approximate surface area is 187 Å². The first-order chi connectivity index (χ1) is 14.7. The van der Waals surface area contributed by atoms with Crippen molar-refractivity contribution in [2.45, 2.75) is 142 Å². The predicted octanol–water partition coefficient (Wildman–Crippen LogP) is 6.93. The van der Waals surface area contributed by atoms with E-state index < -0.39 is 0 Å². The first kappa shape index (κ1) is 29.4. The number of unbranched alkanes of at least 4 members (excludes halogenated alkanes) is 13. The molecule has 0 rings (SSSR count). The number of nitrogens with one attached hydrogen (secondary N) is 1. The molecule has 0 radical (unpaired) electrons. The van der Waals surface area contributed by atoms with Crippen molar-refractivity contribution in [3.8, 4) is 0 Å². The van der Waals surface area contributed by atoms with Crippen LogP contribution in [-0.2, 0) is 9.53 Å². The Hall–Kier alpha value is -0.610. The summed E-state index contributed by atoms with van der Waals surface area (Å²) in [5.74, 6) is 0.00960. The van der Waals surface area contributed by atoms with Crippen molar-refractivity contribution >= 4 is 5.97 Å². The minimum atomic E-state index is 0.00960. The van der Waals surface area contributed by atoms with Crippen LogP contribution in [0.2, 0.25) is 0 Å². The van der Waals surface area contributed by atoms with Gasteiger partial charge in [0.25, 0.3) is 0 Å². The third-order valence-corrected chi connectivity index (χ3v) is 5.83. The van der Waals surface area contributed by atoms with E-state index >= 15 is 0 Å². The second-order valence-electron chi connectivity index (χ2n) is 8.86. The van der Waals surface area contributed by atoms with E-state index in [1.165, 1.54) is 77.0 Å². The standard InChI is InChI=1S/C26H53NO3/c1-3-5-7-9-11-15-19-25(20-16-12-10-8-6-4-2)30-26(29)21-17-13-14-18-22-27-23-24-28/h25,27-28H,3-24H2,1-2H3. The van der Waals surface area contributed by atoms with Crippen LogP contribution >= 0.6 is 0 Å². The monoisotopic (exact) mass is 427 g/mol. The van der Waals surface area contributed by atoms with Gasteiger partial charge in [0.15, 0.2) is 0 Å². The Bertz CT molecular complexity index is 333. The zero-order valence-electron chi connectivity index (χ0n) is 20.4. The van der Waals surface area contributed by atoms with E-state index in [4.69, 9.17) is 9.84 Å². The molecule has 180 valence electrons. The summed E-state index contributed by atoms with van der Waals surface area (Å²) < 4.78 is 5.89. The lowest BCUT2D eigenvalue weighted by molar-refractivity contribution is -0.150. The number of esters is 1. The smallest absolute Gasteiger partial charge is 0.306 e. The van der Waals surface area contributed by atoms with Gasteiger partial charge >= 0.3 is 5.97 Å². The van der Waals surface area contributed by atoms with Gasteiger partial charge in [-0.1, -0.05) is 90.9 Å². The molecule has 0 aromatic heterocycles. The molecule has 0 atom stereocenters. The highest BCUT2D eigenvalue weighted by molar-refractivity contribution is 5.69. The van der Waals surface area contributed by atoms with Gasteiger partial charge in [-0.25, -0.2) is 0 Å². The van der Waals surface area contributed by atoms with E-state index in [2.05, 4.69) is 19.2 Å². The molecule has 30 heavy (non-hydrogen) atoms. The van der Waals surface area contributed by atoms with Gasteiger partial charge in [-0.05, 0) is 45.1 Å². The Kier molecular flexibility index (Phi) is 24.2. The molecule has 0 aliphatic heterocycles. The van der Waals surface area contributed by atoms with Crippen molar-refractivity contribution in [2.75, 3.05) is 19.7 Å². The predicted molar refractivity (Wildman–Crippen MR) is 129 cm³/mol. The summed E-state index contributed by atoms with van der Waals surface area (Å²) in [5.41, 5.74) is 0.